The summed E-state index contributed by atoms with van der Waals surface area (Å²) in [6.45, 7) is 1.75. The zero-order chi connectivity index (χ0) is 15.2. The molecule has 1 heterocycles. The SMILES string of the molecule is O=C(CNC(=O)c1ccc(Cl)c(Cl)c1)NC1CCNCC1. The fourth-order valence-corrected chi connectivity index (χ4v) is 2.44. The van der Waals surface area contributed by atoms with Crippen LogP contribution in [-0.4, -0.2) is 37.5 Å². The van der Waals surface area contributed by atoms with E-state index in [2.05, 4.69) is 16.0 Å². The van der Waals surface area contributed by atoms with E-state index in [1.807, 2.05) is 0 Å². The van der Waals surface area contributed by atoms with Gasteiger partial charge in [-0.2, -0.15) is 0 Å². The van der Waals surface area contributed by atoms with Gasteiger partial charge in [-0.15, -0.1) is 0 Å². The van der Waals surface area contributed by atoms with Crippen molar-refractivity contribution in [1.82, 2.24) is 16.0 Å². The van der Waals surface area contributed by atoms with Crippen molar-refractivity contribution in [2.45, 2.75) is 18.9 Å². The predicted octanol–water partition coefficient (Wildman–Crippen LogP) is 1.59. The maximum atomic E-state index is 11.9. The summed E-state index contributed by atoms with van der Waals surface area (Å²) in [6, 6.07) is 4.77. The molecule has 21 heavy (non-hydrogen) atoms. The molecule has 0 atom stereocenters. The second-order valence-corrected chi connectivity index (χ2v) is 5.72. The van der Waals surface area contributed by atoms with E-state index in [4.69, 9.17) is 23.2 Å². The number of nitrogens with one attached hydrogen (secondary N) is 3. The van der Waals surface area contributed by atoms with Crippen molar-refractivity contribution in [3.8, 4) is 0 Å². The fraction of sp³-hybridized carbons (Fsp3) is 0.429. The summed E-state index contributed by atoms with van der Waals surface area (Å²) in [6.07, 6.45) is 1.82. The second kappa shape index (κ2) is 7.64. The molecule has 1 aliphatic heterocycles. The maximum absolute atomic E-state index is 11.9. The zero-order valence-electron chi connectivity index (χ0n) is 11.4. The molecular weight excluding hydrogens is 313 g/mol. The van der Waals surface area contributed by atoms with Crippen LogP contribution in [0.15, 0.2) is 18.2 Å². The summed E-state index contributed by atoms with van der Waals surface area (Å²) in [5.74, 6) is -0.538. The number of carbonyl (C=O) groups is 2. The second-order valence-electron chi connectivity index (χ2n) is 4.90. The maximum Gasteiger partial charge on any atom is 0.251 e. The van der Waals surface area contributed by atoms with Crippen molar-refractivity contribution in [2.75, 3.05) is 19.6 Å². The van der Waals surface area contributed by atoms with Crippen molar-refractivity contribution in [1.29, 1.82) is 0 Å². The van der Waals surface area contributed by atoms with Crippen LogP contribution in [0.3, 0.4) is 0 Å². The number of piperidine rings is 1. The lowest BCUT2D eigenvalue weighted by molar-refractivity contribution is -0.121. The molecular formula is C14H17Cl2N3O2. The Balaban J connectivity index is 1.80. The third-order valence-electron chi connectivity index (χ3n) is 3.30. The fourth-order valence-electron chi connectivity index (χ4n) is 2.14. The molecule has 0 aliphatic carbocycles. The molecule has 1 saturated heterocycles. The van der Waals surface area contributed by atoms with Gasteiger partial charge >= 0.3 is 0 Å². The van der Waals surface area contributed by atoms with Gasteiger partial charge in [0.15, 0.2) is 0 Å². The van der Waals surface area contributed by atoms with E-state index in [1.54, 1.807) is 12.1 Å². The average Bonchev–Trinajstić information content (AvgIpc) is 2.48. The summed E-state index contributed by atoms with van der Waals surface area (Å²) in [5.41, 5.74) is 0.374. The van der Waals surface area contributed by atoms with Gasteiger partial charge < -0.3 is 16.0 Å². The molecule has 5 nitrogen and oxygen atoms in total. The van der Waals surface area contributed by atoms with E-state index < -0.39 is 0 Å². The van der Waals surface area contributed by atoms with Crippen molar-refractivity contribution >= 4 is 35.0 Å². The van der Waals surface area contributed by atoms with E-state index in [0.29, 0.717) is 15.6 Å². The van der Waals surface area contributed by atoms with E-state index in [0.717, 1.165) is 25.9 Å². The molecule has 2 amide bonds. The Bertz CT molecular complexity index is 531. The first-order valence-corrected chi connectivity index (χ1v) is 7.55. The van der Waals surface area contributed by atoms with E-state index in [1.165, 1.54) is 6.07 Å². The molecule has 1 aromatic carbocycles. The average molecular weight is 330 g/mol. The first-order valence-electron chi connectivity index (χ1n) is 6.79. The van der Waals surface area contributed by atoms with Crippen LogP contribution in [0.2, 0.25) is 10.0 Å². The smallest absolute Gasteiger partial charge is 0.251 e. The minimum Gasteiger partial charge on any atom is -0.352 e. The van der Waals surface area contributed by atoms with Gasteiger partial charge in [0, 0.05) is 11.6 Å². The summed E-state index contributed by atoms with van der Waals surface area (Å²) >= 11 is 11.6. The number of hydrogen-bond acceptors (Lipinski definition) is 3. The van der Waals surface area contributed by atoms with Crippen LogP contribution in [0.25, 0.3) is 0 Å². The number of hydrogen-bond donors (Lipinski definition) is 3. The monoisotopic (exact) mass is 329 g/mol. The Morgan fingerprint density at radius 1 is 1.19 bits per heavy atom. The Kier molecular flexibility index (Phi) is 5.85. The first kappa shape index (κ1) is 16.1. The molecule has 7 heteroatoms. The Morgan fingerprint density at radius 3 is 2.57 bits per heavy atom. The molecule has 2 rings (SSSR count). The van der Waals surface area contributed by atoms with Crippen LogP contribution in [0.4, 0.5) is 0 Å². The lowest BCUT2D eigenvalue weighted by Gasteiger charge is -2.23. The minimum absolute atomic E-state index is 0.0526. The summed E-state index contributed by atoms with van der Waals surface area (Å²) in [4.78, 5) is 23.7. The zero-order valence-corrected chi connectivity index (χ0v) is 12.9. The topological polar surface area (TPSA) is 70.2 Å². The molecule has 0 bridgehead atoms. The normalized spacial score (nSPS) is 15.5. The van der Waals surface area contributed by atoms with Crippen LogP contribution < -0.4 is 16.0 Å². The highest BCUT2D eigenvalue weighted by Gasteiger charge is 2.16. The number of amides is 2. The van der Waals surface area contributed by atoms with Crippen molar-refractivity contribution in [2.24, 2.45) is 0 Å². The molecule has 114 valence electrons. The Hall–Kier alpha value is -1.30. The van der Waals surface area contributed by atoms with Gasteiger partial charge in [0.1, 0.15) is 0 Å². The van der Waals surface area contributed by atoms with Gasteiger partial charge in [-0.05, 0) is 44.1 Å². The van der Waals surface area contributed by atoms with Crippen molar-refractivity contribution < 1.29 is 9.59 Å². The number of halogens is 2. The Labute approximate surface area is 133 Å². The third kappa shape index (κ3) is 4.88. The van der Waals surface area contributed by atoms with Crippen LogP contribution in [0.5, 0.6) is 0 Å². The highest BCUT2D eigenvalue weighted by molar-refractivity contribution is 6.42. The molecule has 1 aliphatic rings. The van der Waals surface area contributed by atoms with Crippen LogP contribution in [0.1, 0.15) is 23.2 Å². The standard InChI is InChI=1S/C14H17Cl2N3O2/c15-11-2-1-9(7-12(11)16)14(21)18-8-13(20)19-10-3-5-17-6-4-10/h1-2,7,10,17H,3-6,8H2,(H,18,21)(H,19,20). The summed E-state index contributed by atoms with van der Waals surface area (Å²) in [5, 5.41) is 9.39. The van der Waals surface area contributed by atoms with Gasteiger partial charge in [-0.25, -0.2) is 0 Å². The highest BCUT2D eigenvalue weighted by Crippen LogP contribution is 2.22. The van der Waals surface area contributed by atoms with E-state index in [-0.39, 0.29) is 24.4 Å². The number of benzene rings is 1. The van der Waals surface area contributed by atoms with Gasteiger partial charge in [0.05, 0.1) is 16.6 Å². The molecule has 1 fully saturated rings. The first-order chi connectivity index (χ1) is 10.1. The molecule has 0 unspecified atom stereocenters. The van der Waals surface area contributed by atoms with Crippen molar-refractivity contribution in [3.05, 3.63) is 33.8 Å². The van der Waals surface area contributed by atoms with Crippen LogP contribution >= 0.6 is 23.2 Å². The van der Waals surface area contributed by atoms with Crippen LogP contribution in [-0.2, 0) is 4.79 Å². The summed E-state index contributed by atoms with van der Waals surface area (Å²) in [7, 11) is 0. The minimum atomic E-state index is -0.353. The molecule has 0 aromatic heterocycles. The van der Waals surface area contributed by atoms with Gasteiger partial charge in [-0.3, -0.25) is 9.59 Å². The molecule has 0 saturated carbocycles. The molecule has 0 spiro atoms. The number of rotatable bonds is 4. The summed E-state index contributed by atoms with van der Waals surface area (Å²) < 4.78 is 0. The quantitative estimate of drug-likeness (QED) is 0.785. The highest BCUT2D eigenvalue weighted by atomic mass is 35.5. The molecule has 3 N–H and O–H groups in total. The van der Waals surface area contributed by atoms with Gasteiger partial charge in [0.2, 0.25) is 5.91 Å². The lowest BCUT2D eigenvalue weighted by Crippen LogP contribution is -2.46. The molecule has 1 aromatic rings. The molecule has 0 radical (unpaired) electrons. The van der Waals surface area contributed by atoms with E-state index >= 15 is 0 Å². The van der Waals surface area contributed by atoms with Gasteiger partial charge in [0.25, 0.3) is 5.91 Å². The third-order valence-corrected chi connectivity index (χ3v) is 4.03. The largest absolute Gasteiger partial charge is 0.352 e. The van der Waals surface area contributed by atoms with E-state index in [9.17, 15) is 9.59 Å². The Morgan fingerprint density at radius 2 is 1.90 bits per heavy atom. The lowest BCUT2D eigenvalue weighted by atomic mass is 10.1. The predicted molar refractivity (Wildman–Crippen MR) is 82.8 cm³/mol. The van der Waals surface area contributed by atoms with Gasteiger partial charge in [-0.1, -0.05) is 23.2 Å². The van der Waals surface area contributed by atoms with Crippen LogP contribution in [0, 0.1) is 0 Å². The van der Waals surface area contributed by atoms with Crippen molar-refractivity contribution in [3.63, 3.8) is 0 Å². The number of carbonyl (C=O) groups excluding carboxylic acids is 2.